The van der Waals surface area contributed by atoms with E-state index in [4.69, 9.17) is 9.88 Å². The van der Waals surface area contributed by atoms with Crippen LogP contribution in [0.25, 0.3) is 0 Å². The molecule has 0 aliphatic carbocycles. The fourth-order valence-electron chi connectivity index (χ4n) is 4.34. The topological polar surface area (TPSA) is 155 Å². The number of ether oxygens (including phenoxy) is 1. The lowest BCUT2D eigenvalue weighted by Gasteiger charge is -2.35. The number of primary sulfonamides is 1. The monoisotopic (exact) mass is 538 g/mol. The van der Waals surface area contributed by atoms with Crippen molar-refractivity contribution in [2.24, 2.45) is 5.14 Å². The van der Waals surface area contributed by atoms with Crippen molar-refractivity contribution in [3.05, 3.63) is 66.4 Å². The first-order chi connectivity index (χ1) is 18.3. The van der Waals surface area contributed by atoms with E-state index in [0.717, 1.165) is 30.2 Å². The summed E-state index contributed by atoms with van der Waals surface area (Å²) in [4.78, 5) is 25.5. The van der Waals surface area contributed by atoms with Crippen LogP contribution in [0.5, 0.6) is 0 Å². The highest BCUT2D eigenvalue weighted by molar-refractivity contribution is 7.89. The summed E-state index contributed by atoms with van der Waals surface area (Å²) >= 11 is 0. The van der Waals surface area contributed by atoms with Crippen LogP contribution in [0.3, 0.4) is 0 Å². The molecule has 200 valence electrons. The fraction of sp³-hybridized carbons (Fsp3) is 0.320. The highest BCUT2D eigenvalue weighted by atomic mass is 32.2. The number of nitrogens with one attached hydrogen (secondary N) is 3. The first kappa shape index (κ1) is 25.9. The maximum atomic E-state index is 12.7. The number of anilines is 4. The smallest absolute Gasteiger partial charge is 0.321 e. The van der Waals surface area contributed by atoms with Crippen LogP contribution >= 0.6 is 0 Å². The van der Waals surface area contributed by atoms with Crippen molar-refractivity contribution in [3.8, 4) is 0 Å². The molecule has 1 aromatic heterocycles. The van der Waals surface area contributed by atoms with E-state index in [9.17, 15) is 13.2 Å². The first-order valence-electron chi connectivity index (χ1n) is 12.3. The summed E-state index contributed by atoms with van der Waals surface area (Å²) in [7, 11) is -3.78. The van der Waals surface area contributed by atoms with Gasteiger partial charge in [-0.2, -0.15) is 4.98 Å². The summed E-state index contributed by atoms with van der Waals surface area (Å²) in [5.74, 6) is 1.27. The van der Waals surface area contributed by atoms with Crippen molar-refractivity contribution in [2.75, 3.05) is 61.4 Å². The van der Waals surface area contributed by atoms with Crippen molar-refractivity contribution in [1.82, 2.24) is 20.2 Å². The SMILES string of the molecule is NS(=O)(=O)c1ccc(NC(=O)N2CCN(c3ccnc(Nc4ccc(C5CNCCO5)cc4)n3)CC2)cc1. The second kappa shape index (κ2) is 11.3. The molecule has 12 nitrogen and oxygen atoms in total. The lowest BCUT2D eigenvalue weighted by atomic mass is 10.1. The van der Waals surface area contributed by atoms with Gasteiger partial charge in [0.15, 0.2) is 0 Å². The quantitative estimate of drug-likeness (QED) is 0.368. The molecule has 0 spiro atoms. The molecule has 2 aliphatic heterocycles. The molecule has 2 saturated heterocycles. The molecule has 2 amide bonds. The van der Waals surface area contributed by atoms with Gasteiger partial charge >= 0.3 is 6.03 Å². The van der Waals surface area contributed by atoms with Gasteiger partial charge in [-0.3, -0.25) is 0 Å². The molecule has 0 bridgehead atoms. The van der Waals surface area contributed by atoms with E-state index in [-0.39, 0.29) is 17.0 Å². The number of nitrogens with zero attached hydrogens (tertiary/aromatic N) is 4. The number of carbonyl (C=O) groups excluding carboxylic acids is 1. The zero-order valence-corrected chi connectivity index (χ0v) is 21.5. The van der Waals surface area contributed by atoms with E-state index in [1.54, 1.807) is 11.1 Å². The minimum absolute atomic E-state index is 0.00793. The second-order valence-electron chi connectivity index (χ2n) is 9.02. The molecule has 2 aromatic carbocycles. The molecule has 5 N–H and O–H groups in total. The zero-order valence-electron chi connectivity index (χ0n) is 20.7. The Kier molecular flexibility index (Phi) is 7.69. The summed E-state index contributed by atoms with van der Waals surface area (Å²) in [5, 5.41) is 14.5. The highest BCUT2D eigenvalue weighted by Gasteiger charge is 2.22. The predicted octanol–water partition coefficient (Wildman–Crippen LogP) is 1.88. The summed E-state index contributed by atoms with van der Waals surface area (Å²) in [6, 6.07) is 15.4. The van der Waals surface area contributed by atoms with Crippen LogP contribution in [0, 0.1) is 0 Å². The van der Waals surface area contributed by atoms with E-state index in [0.29, 0.717) is 44.4 Å². The molecule has 38 heavy (non-hydrogen) atoms. The van der Waals surface area contributed by atoms with Crippen LogP contribution in [0.4, 0.5) is 27.9 Å². The van der Waals surface area contributed by atoms with E-state index < -0.39 is 10.0 Å². The first-order valence-corrected chi connectivity index (χ1v) is 13.9. The third-order valence-corrected chi connectivity index (χ3v) is 7.36. The average molecular weight is 539 g/mol. The van der Waals surface area contributed by atoms with Crippen LogP contribution in [-0.2, 0) is 14.8 Å². The number of hydrogen-bond donors (Lipinski definition) is 4. The van der Waals surface area contributed by atoms with Crippen LogP contribution < -0.4 is 26.0 Å². The second-order valence-corrected chi connectivity index (χ2v) is 10.6. The standard InChI is InChI=1S/C25H30N8O4S/c26-38(35,36)21-7-5-20(6-8-21)30-25(34)33-14-12-32(13-15-33)23-9-10-28-24(31-23)29-19-3-1-18(2-4-19)22-17-27-11-16-37-22/h1-10,22,27H,11-17H2,(H,30,34)(H2,26,35,36)(H,28,29,31). The Morgan fingerprint density at radius 2 is 1.71 bits per heavy atom. The van der Waals surface area contributed by atoms with Gasteiger partial charge in [-0.25, -0.2) is 23.3 Å². The molecular formula is C25H30N8O4S. The number of nitrogens with two attached hydrogens (primary N) is 1. The lowest BCUT2D eigenvalue weighted by Crippen LogP contribution is -2.50. The number of benzene rings is 2. The van der Waals surface area contributed by atoms with Crippen LogP contribution in [-0.4, -0.2) is 75.2 Å². The number of sulfonamides is 1. The molecule has 3 heterocycles. The third-order valence-electron chi connectivity index (χ3n) is 6.43. The van der Waals surface area contributed by atoms with Crippen LogP contribution in [0.1, 0.15) is 11.7 Å². The molecule has 5 rings (SSSR count). The summed E-state index contributed by atoms with van der Waals surface area (Å²) in [6.07, 6.45) is 1.78. The Morgan fingerprint density at radius 3 is 2.37 bits per heavy atom. The van der Waals surface area contributed by atoms with Gasteiger partial charge in [-0.1, -0.05) is 12.1 Å². The molecule has 13 heteroatoms. The van der Waals surface area contributed by atoms with E-state index >= 15 is 0 Å². The third kappa shape index (κ3) is 6.37. The molecule has 2 fully saturated rings. The Labute approximate surface area is 221 Å². The summed E-state index contributed by atoms with van der Waals surface area (Å²) < 4.78 is 28.6. The molecule has 1 atom stereocenters. The Balaban J connectivity index is 1.14. The van der Waals surface area contributed by atoms with Gasteiger partial charge in [0.25, 0.3) is 0 Å². The summed E-state index contributed by atoms with van der Waals surface area (Å²) in [6.45, 7) is 4.63. The Morgan fingerprint density at radius 1 is 1.00 bits per heavy atom. The number of rotatable bonds is 6. The van der Waals surface area contributed by atoms with Gasteiger partial charge in [-0.15, -0.1) is 0 Å². The van der Waals surface area contributed by atoms with Crippen LogP contribution in [0.15, 0.2) is 65.7 Å². The number of aromatic nitrogens is 2. The largest absolute Gasteiger partial charge is 0.371 e. The van der Waals surface area contributed by atoms with Gasteiger partial charge in [0.2, 0.25) is 16.0 Å². The van der Waals surface area contributed by atoms with Gasteiger partial charge in [0.05, 0.1) is 17.6 Å². The van der Waals surface area contributed by atoms with Crippen molar-refractivity contribution >= 4 is 39.2 Å². The number of morpholine rings is 1. The van der Waals surface area contributed by atoms with Gasteiger partial charge in [-0.05, 0) is 48.0 Å². The zero-order chi connectivity index (χ0) is 26.5. The van der Waals surface area contributed by atoms with Crippen molar-refractivity contribution in [3.63, 3.8) is 0 Å². The van der Waals surface area contributed by atoms with E-state index in [1.165, 1.54) is 24.3 Å². The maximum absolute atomic E-state index is 12.7. The van der Waals surface area contributed by atoms with Gasteiger partial charge in [0.1, 0.15) is 5.82 Å². The van der Waals surface area contributed by atoms with Gasteiger partial charge < -0.3 is 30.5 Å². The number of urea groups is 1. The molecule has 2 aliphatic rings. The maximum Gasteiger partial charge on any atom is 0.321 e. The molecule has 3 aromatic rings. The Bertz CT molecular complexity index is 1350. The van der Waals surface area contributed by atoms with E-state index in [2.05, 4.69) is 30.8 Å². The van der Waals surface area contributed by atoms with E-state index in [1.807, 2.05) is 30.3 Å². The van der Waals surface area contributed by atoms with Crippen molar-refractivity contribution in [2.45, 2.75) is 11.0 Å². The molecular weight excluding hydrogens is 508 g/mol. The lowest BCUT2D eigenvalue weighted by molar-refractivity contribution is 0.0277. The number of piperazine rings is 1. The fourth-order valence-corrected chi connectivity index (χ4v) is 4.86. The molecule has 0 radical (unpaired) electrons. The number of hydrogen-bond acceptors (Lipinski definition) is 9. The minimum Gasteiger partial charge on any atom is -0.371 e. The van der Waals surface area contributed by atoms with Gasteiger partial charge in [0, 0.05) is 56.8 Å². The van der Waals surface area contributed by atoms with Crippen molar-refractivity contribution < 1.29 is 17.9 Å². The van der Waals surface area contributed by atoms with Crippen LogP contribution in [0.2, 0.25) is 0 Å². The highest BCUT2D eigenvalue weighted by Crippen LogP contribution is 2.23. The summed E-state index contributed by atoms with van der Waals surface area (Å²) in [5.41, 5.74) is 2.50. The Hall–Kier alpha value is -3.78. The van der Waals surface area contributed by atoms with Crippen molar-refractivity contribution in [1.29, 1.82) is 0 Å². The molecule has 0 saturated carbocycles. The normalized spacial score (nSPS) is 18.2. The molecule has 1 unspecified atom stereocenters. The average Bonchev–Trinajstić information content (AvgIpc) is 2.94. The number of carbonyl (C=O) groups is 1. The number of amides is 2. The predicted molar refractivity (Wildman–Crippen MR) is 144 cm³/mol. The minimum atomic E-state index is -3.78.